The van der Waals surface area contributed by atoms with Gasteiger partial charge in [-0.25, -0.2) is 0 Å². The van der Waals surface area contributed by atoms with E-state index in [-0.39, 0.29) is 5.41 Å². The molecule has 0 saturated carbocycles. The smallest absolute Gasteiger partial charge is 0.166 e. The highest BCUT2D eigenvalue weighted by Crippen LogP contribution is 2.33. The summed E-state index contributed by atoms with van der Waals surface area (Å²) in [5.41, 5.74) is 2.93. The van der Waals surface area contributed by atoms with Crippen LogP contribution in [0.5, 0.6) is 0 Å². The van der Waals surface area contributed by atoms with Crippen molar-refractivity contribution in [2.75, 3.05) is 0 Å². The van der Waals surface area contributed by atoms with Crippen LogP contribution in [0, 0.1) is 0 Å². The molecule has 3 aromatic rings. The van der Waals surface area contributed by atoms with Gasteiger partial charge in [0.25, 0.3) is 0 Å². The maximum Gasteiger partial charge on any atom is 0.416 e. The molecule has 27 heavy (non-hydrogen) atoms. The third-order valence-corrected chi connectivity index (χ3v) is 4.96. The molecule has 4 heteroatoms. The van der Waals surface area contributed by atoms with Crippen LogP contribution in [0.3, 0.4) is 0 Å². The van der Waals surface area contributed by atoms with Crippen molar-refractivity contribution < 1.29 is 13.2 Å². The van der Waals surface area contributed by atoms with Gasteiger partial charge in [-0.15, -0.1) is 0 Å². The fourth-order valence-electron chi connectivity index (χ4n) is 3.25. The van der Waals surface area contributed by atoms with E-state index in [2.05, 4.69) is 0 Å². The summed E-state index contributed by atoms with van der Waals surface area (Å²) < 4.78 is 38.8. The number of halogens is 4. The number of alkyl halides is 3. The lowest BCUT2D eigenvalue weighted by Gasteiger charge is -2.26. The van der Waals surface area contributed by atoms with Crippen molar-refractivity contribution in [1.82, 2.24) is 0 Å². The van der Waals surface area contributed by atoms with Gasteiger partial charge in [0.05, 0.1) is 5.56 Å². The molecule has 0 unspecified atom stereocenters. The van der Waals surface area contributed by atoms with Crippen LogP contribution in [0.2, 0.25) is 5.02 Å². The van der Waals surface area contributed by atoms with Crippen molar-refractivity contribution in [3.63, 3.8) is 0 Å². The van der Waals surface area contributed by atoms with Crippen LogP contribution in [0.25, 0.3) is 11.1 Å². The highest BCUT2D eigenvalue weighted by molar-refractivity contribution is 6.30. The second-order valence-electron chi connectivity index (χ2n) is 7.35. The Labute approximate surface area is 162 Å². The molecule has 0 saturated heterocycles. The van der Waals surface area contributed by atoms with E-state index in [0.717, 1.165) is 22.8 Å². The highest BCUT2D eigenvalue weighted by atomic mass is 35.5. The quantitative estimate of drug-likeness (QED) is 0.433. The van der Waals surface area contributed by atoms with E-state index >= 15 is 0 Å². The molecule has 0 heterocycles. The molecule has 3 aromatic carbocycles. The van der Waals surface area contributed by atoms with E-state index in [9.17, 15) is 13.2 Å². The molecule has 0 nitrogen and oxygen atoms in total. The largest absolute Gasteiger partial charge is 0.416 e. The van der Waals surface area contributed by atoms with Gasteiger partial charge in [0, 0.05) is 5.02 Å². The lowest BCUT2D eigenvalue weighted by atomic mass is 9.78. The Morgan fingerprint density at radius 1 is 0.741 bits per heavy atom. The molecule has 3 rings (SSSR count). The Hall–Kier alpha value is -2.26. The predicted octanol–water partition coefficient (Wildman–Crippen LogP) is 7.55. The van der Waals surface area contributed by atoms with Crippen LogP contribution >= 0.6 is 11.6 Å². The molecule has 0 radical (unpaired) electrons. The van der Waals surface area contributed by atoms with E-state index in [1.807, 2.05) is 62.4 Å². The maximum absolute atomic E-state index is 12.9. The summed E-state index contributed by atoms with van der Waals surface area (Å²) in [5.74, 6) is 0. The topological polar surface area (TPSA) is 0 Å². The summed E-state index contributed by atoms with van der Waals surface area (Å²) in [6, 6.07) is 21.3. The van der Waals surface area contributed by atoms with Gasteiger partial charge in [-0.05, 0) is 52.3 Å². The fraction of sp³-hybridized carbons (Fsp3) is 0.217. The van der Waals surface area contributed by atoms with E-state index in [4.69, 9.17) is 11.6 Å². The molecular weight excluding hydrogens is 369 g/mol. The SMILES string of the molecule is CC(C)(Cc1cccc(C(F)(F)F)c1)c1ccc(-c2cccc(Cl)c2)cc1. The molecule has 0 aliphatic heterocycles. The Morgan fingerprint density at radius 3 is 2.04 bits per heavy atom. The third kappa shape index (κ3) is 4.72. The number of hydrogen-bond donors (Lipinski definition) is 0. The van der Waals surface area contributed by atoms with Gasteiger partial charge < -0.3 is 0 Å². The monoisotopic (exact) mass is 388 g/mol. The minimum atomic E-state index is -4.32. The van der Waals surface area contributed by atoms with Crippen molar-refractivity contribution in [1.29, 1.82) is 0 Å². The molecule has 140 valence electrons. The van der Waals surface area contributed by atoms with Crippen molar-refractivity contribution in [3.8, 4) is 11.1 Å². The Balaban J connectivity index is 1.83. The van der Waals surface area contributed by atoms with Crippen molar-refractivity contribution in [3.05, 3.63) is 94.5 Å². The van der Waals surface area contributed by atoms with E-state index in [0.29, 0.717) is 17.0 Å². The van der Waals surface area contributed by atoms with Crippen LogP contribution in [0.15, 0.2) is 72.8 Å². The van der Waals surface area contributed by atoms with E-state index in [1.54, 1.807) is 6.07 Å². The van der Waals surface area contributed by atoms with Gasteiger partial charge in [0.2, 0.25) is 0 Å². The summed E-state index contributed by atoms with van der Waals surface area (Å²) >= 11 is 6.05. The molecule has 0 fully saturated rings. The summed E-state index contributed by atoms with van der Waals surface area (Å²) in [7, 11) is 0. The standard InChI is InChI=1S/C23H20ClF3/c1-22(2,15-16-5-3-7-20(13-16)23(25,26)27)19-11-9-17(10-12-19)18-6-4-8-21(24)14-18/h3-14H,15H2,1-2H3. The molecule has 0 bridgehead atoms. The van der Waals surface area contributed by atoms with Crippen molar-refractivity contribution in [2.24, 2.45) is 0 Å². The molecule has 0 atom stereocenters. The summed E-state index contributed by atoms with van der Waals surface area (Å²) in [4.78, 5) is 0. The first-order valence-corrected chi connectivity index (χ1v) is 9.06. The molecular formula is C23H20ClF3. The van der Waals surface area contributed by atoms with Crippen LogP contribution in [0.1, 0.15) is 30.5 Å². The zero-order valence-electron chi connectivity index (χ0n) is 15.1. The molecule has 0 aliphatic carbocycles. The van der Waals surface area contributed by atoms with Crippen LogP contribution in [0.4, 0.5) is 13.2 Å². The minimum absolute atomic E-state index is 0.295. The zero-order valence-corrected chi connectivity index (χ0v) is 15.9. The number of benzene rings is 3. The normalized spacial score (nSPS) is 12.2. The van der Waals surface area contributed by atoms with Gasteiger partial charge >= 0.3 is 6.18 Å². The predicted molar refractivity (Wildman–Crippen MR) is 105 cm³/mol. The first-order chi connectivity index (χ1) is 12.6. The van der Waals surface area contributed by atoms with Crippen molar-refractivity contribution >= 4 is 11.6 Å². The van der Waals surface area contributed by atoms with Crippen LogP contribution < -0.4 is 0 Å². The molecule has 0 amide bonds. The first kappa shape index (κ1) is 19.5. The highest BCUT2D eigenvalue weighted by Gasteiger charge is 2.31. The van der Waals surface area contributed by atoms with Gasteiger partial charge in [0.1, 0.15) is 0 Å². The van der Waals surface area contributed by atoms with Crippen molar-refractivity contribution in [2.45, 2.75) is 31.9 Å². The summed E-state index contributed by atoms with van der Waals surface area (Å²) in [6.45, 7) is 4.09. The zero-order chi connectivity index (χ0) is 19.7. The number of hydrogen-bond acceptors (Lipinski definition) is 0. The lowest BCUT2D eigenvalue weighted by molar-refractivity contribution is -0.137. The van der Waals surface area contributed by atoms with E-state index < -0.39 is 11.7 Å². The van der Waals surface area contributed by atoms with Gasteiger partial charge in [-0.3, -0.25) is 0 Å². The third-order valence-electron chi connectivity index (χ3n) is 4.72. The first-order valence-electron chi connectivity index (χ1n) is 8.68. The fourth-order valence-corrected chi connectivity index (χ4v) is 3.44. The summed E-state index contributed by atoms with van der Waals surface area (Å²) in [5, 5.41) is 0.682. The second kappa shape index (κ2) is 7.40. The lowest BCUT2D eigenvalue weighted by Crippen LogP contribution is -2.20. The minimum Gasteiger partial charge on any atom is -0.166 e. The molecule has 0 aromatic heterocycles. The van der Waals surface area contributed by atoms with E-state index in [1.165, 1.54) is 12.1 Å². The average molecular weight is 389 g/mol. The molecule has 0 spiro atoms. The van der Waals surface area contributed by atoms with Crippen LogP contribution in [-0.4, -0.2) is 0 Å². The number of rotatable bonds is 4. The summed E-state index contributed by atoms with van der Waals surface area (Å²) in [6.07, 6.45) is -3.80. The van der Waals surface area contributed by atoms with Gasteiger partial charge in [-0.2, -0.15) is 13.2 Å². The average Bonchev–Trinajstić information content (AvgIpc) is 2.61. The van der Waals surface area contributed by atoms with Crippen LogP contribution in [-0.2, 0) is 18.0 Å². The Kier molecular flexibility index (Phi) is 5.34. The maximum atomic E-state index is 12.9. The second-order valence-corrected chi connectivity index (χ2v) is 7.78. The Morgan fingerprint density at radius 2 is 1.41 bits per heavy atom. The molecule has 0 N–H and O–H groups in total. The Bertz CT molecular complexity index is 925. The van der Waals surface area contributed by atoms with Gasteiger partial charge in [0.15, 0.2) is 0 Å². The van der Waals surface area contributed by atoms with Gasteiger partial charge in [-0.1, -0.05) is 80.0 Å². The molecule has 0 aliphatic rings.